The van der Waals surface area contributed by atoms with Crippen molar-refractivity contribution in [2.24, 2.45) is 5.73 Å². The Morgan fingerprint density at radius 1 is 1.24 bits per heavy atom. The molecule has 1 aromatic carbocycles. The summed E-state index contributed by atoms with van der Waals surface area (Å²) in [6.45, 7) is 7.10. The molecule has 0 radical (unpaired) electrons. The van der Waals surface area contributed by atoms with Gasteiger partial charge in [-0.15, -0.1) is 11.3 Å². The van der Waals surface area contributed by atoms with Crippen molar-refractivity contribution in [2.45, 2.75) is 33.2 Å². The van der Waals surface area contributed by atoms with E-state index in [1.807, 2.05) is 0 Å². The highest BCUT2D eigenvalue weighted by Crippen LogP contribution is 2.31. The number of benzene rings is 1. The van der Waals surface area contributed by atoms with Gasteiger partial charge < -0.3 is 5.73 Å². The van der Waals surface area contributed by atoms with E-state index in [2.05, 4.69) is 45.0 Å². The van der Waals surface area contributed by atoms with Crippen molar-refractivity contribution < 1.29 is 0 Å². The van der Waals surface area contributed by atoms with Gasteiger partial charge in [-0.2, -0.15) is 0 Å². The van der Waals surface area contributed by atoms with Crippen molar-refractivity contribution in [1.29, 1.82) is 0 Å². The lowest BCUT2D eigenvalue weighted by Crippen LogP contribution is -1.95. The van der Waals surface area contributed by atoms with Gasteiger partial charge in [0.15, 0.2) is 0 Å². The van der Waals surface area contributed by atoms with Crippen LogP contribution in [-0.4, -0.2) is 4.98 Å². The first-order chi connectivity index (χ1) is 8.11. The Hall–Kier alpha value is -1.19. The molecule has 0 spiro atoms. The highest BCUT2D eigenvalue weighted by molar-refractivity contribution is 7.15. The summed E-state index contributed by atoms with van der Waals surface area (Å²) in [5.74, 6) is 0.489. The van der Waals surface area contributed by atoms with Crippen molar-refractivity contribution in [3.63, 3.8) is 0 Å². The van der Waals surface area contributed by atoms with Crippen LogP contribution in [0.25, 0.3) is 10.6 Å². The Balaban J connectivity index is 2.36. The van der Waals surface area contributed by atoms with E-state index in [-0.39, 0.29) is 0 Å². The number of aryl methyl sites for hydroxylation is 1. The van der Waals surface area contributed by atoms with Crippen LogP contribution in [0.2, 0.25) is 0 Å². The molecule has 1 aromatic heterocycles. The molecule has 0 unspecified atom stereocenters. The van der Waals surface area contributed by atoms with Crippen molar-refractivity contribution in [3.05, 3.63) is 40.4 Å². The van der Waals surface area contributed by atoms with Gasteiger partial charge in [0.25, 0.3) is 0 Å². The van der Waals surface area contributed by atoms with Crippen LogP contribution in [0.5, 0.6) is 0 Å². The Kier molecular flexibility index (Phi) is 3.60. The zero-order chi connectivity index (χ0) is 12.4. The quantitative estimate of drug-likeness (QED) is 0.896. The molecule has 0 atom stereocenters. The third-order valence-electron chi connectivity index (χ3n) is 2.82. The fourth-order valence-electron chi connectivity index (χ4n) is 1.85. The Morgan fingerprint density at radius 2 is 1.88 bits per heavy atom. The molecular formula is C14H18N2S. The summed E-state index contributed by atoms with van der Waals surface area (Å²) in [4.78, 5) is 6.04. The van der Waals surface area contributed by atoms with E-state index >= 15 is 0 Å². The second-order valence-electron chi connectivity index (χ2n) is 4.52. The molecule has 2 rings (SSSR count). The molecule has 2 aromatic rings. The first kappa shape index (κ1) is 12.3. The molecule has 0 aliphatic carbocycles. The van der Waals surface area contributed by atoms with Gasteiger partial charge in [0, 0.05) is 17.0 Å². The Bertz CT molecular complexity index is 497. The number of nitrogens with zero attached hydrogens (tertiary/aromatic N) is 1. The smallest absolute Gasteiger partial charge is 0.123 e. The lowest BCUT2D eigenvalue weighted by atomic mass is 10.1. The number of hydrogen-bond donors (Lipinski definition) is 1. The molecule has 1 heterocycles. The lowest BCUT2D eigenvalue weighted by molar-refractivity contribution is 0.826. The Labute approximate surface area is 107 Å². The summed E-state index contributed by atoms with van der Waals surface area (Å²) < 4.78 is 0. The van der Waals surface area contributed by atoms with Gasteiger partial charge in [-0.1, -0.05) is 38.1 Å². The summed E-state index contributed by atoms with van der Waals surface area (Å²) >= 11 is 1.77. The third-order valence-corrected chi connectivity index (χ3v) is 3.85. The van der Waals surface area contributed by atoms with E-state index < -0.39 is 0 Å². The molecule has 2 nitrogen and oxygen atoms in total. The van der Waals surface area contributed by atoms with Gasteiger partial charge in [-0.25, -0.2) is 4.98 Å². The monoisotopic (exact) mass is 246 g/mol. The molecule has 0 amide bonds. The van der Waals surface area contributed by atoms with Gasteiger partial charge in [-0.05, 0) is 18.4 Å². The largest absolute Gasteiger partial charge is 0.326 e. The summed E-state index contributed by atoms with van der Waals surface area (Å²) in [5.41, 5.74) is 9.15. The van der Waals surface area contributed by atoms with Crippen LogP contribution in [0.1, 0.15) is 35.9 Å². The second-order valence-corrected chi connectivity index (χ2v) is 5.72. The van der Waals surface area contributed by atoms with Gasteiger partial charge in [0.05, 0.1) is 5.69 Å². The number of nitrogens with two attached hydrogens (primary N) is 1. The van der Waals surface area contributed by atoms with E-state index in [1.165, 1.54) is 16.1 Å². The van der Waals surface area contributed by atoms with Crippen LogP contribution in [0.3, 0.4) is 0 Å². The van der Waals surface area contributed by atoms with Crippen molar-refractivity contribution in [1.82, 2.24) is 4.98 Å². The maximum absolute atomic E-state index is 5.59. The number of aromatic nitrogens is 1. The van der Waals surface area contributed by atoms with Gasteiger partial charge in [0.1, 0.15) is 5.01 Å². The summed E-state index contributed by atoms with van der Waals surface area (Å²) in [7, 11) is 0. The number of hydrogen-bond acceptors (Lipinski definition) is 3. The van der Waals surface area contributed by atoms with Crippen molar-refractivity contribution in [2.75, 3.05) is 0 Å². The van der Waals surface area contributed by atoms with Gasteiger partial charge in [0.2, 0.25) is 0 Å². The van der Waals surface area contributed by atoms with Crippen LogP contribution < -0.4 is 5.73 Å². The minimum Gasteiger partial charge on any atom is -0.326 e. The maximum atomic E-state index is 5.59. The molecule has 0 fully saturated rings. The van der Waals surface area contributed by atoms with Crippen molar-refractivity contribution in [3.8, 4) is 10.6 Å². The molecule has 3 heteroatoms. The van der Waals surface area contributed by atoms with Gasteiger partial charge >= 0.3 is 0 Å². The van der Waals surface area contributed by atoms with Crippen molar-refractivity contribution >= 4 is 11.3 Å². The molecule has 0 saturated carbocycles. The zero-order valence-corrected chi connectivity index (χ0v) is 11.3. The van der Waals surface area contributed by atoms with E-state index in [9.17, 15) is 0 Å². The average molecular weight is 246 g/mol. The molecular weight excluding hydrogens is 228 g/mol. The molecule has 0 aliphatic heterocycles. The average Bonchev–Trinajstić information content (AvgIpc) is 2.71. The minimum absolute atomic E-state index is 0.489. The van der Waals surface area contributed by atoms with Crippen LogP contribution in [-0.2, 0) is 6.54 Å². The molecule has 2 N–H and O–H groups in total. The SMILES string of the molecule is Cc1sc(-c2ccc(CN)cc2)nc1C(C)C. The highest BCUT2D eigenvalue weighted by atomic mass is 32.1. The summed E-state index contributed by atoms with van der Waals surface area (Å²) in [5, 5.41) is 1.11. The Morgan fingerprint density at radius 3 is 2.35 bits per heavy atom. The zero-order valence-electron chi connectivity index (χ0n) is 10.5. The molecule has 90 valence electrons. The number of thiazole rings is 1. The number of rotatable bonds is 3. The molecule has 0 bridgehead atoms. The summed E-state index contributed by atoms with van der Waals surface area (Å²) in [6, 6.07) is 8.34. The molecule has 0 saturated heterocycles. The molecule has 0 aliphatic rings. The highest BCUT2D eigenvalue weighted by Gasteiger charge is 2.11. The maximum Gasteiger partial charge on any atom is 0.123 e. The normalized spacial score (nSPS) is 11.1. The first-order valence-electron chi connectivity index (χ1n) is 5.88. The summed E-state index contributed by atoms with van der Waals surface area (Å²) in [6.07, 6.45) is 0. The van der Waals surface area contributed by atoms with Gasteiger partial charge in [-0.3, -0.25) is 0 Å². The van der Waals surface area contributed by atoms with E-state index in [0.29, 0.717) is 12.5 Å². The van der Waals surface area contributed by atoms with E-state index in [4.69, 9.17) is 10.7 Å². The topological polar surface area (TPSA) is 38.9 Å². The fraction of sp³-hybridized carbons (Fsp3) is 0.357. The lowest BCUT2D eigenvalue weighted by Gasteiger charge is -2.00. The standard InChI is InChI=1S/C14H18N2S/c1-9(2)13-10(3)17-14(16-13)12-6-4-11(8-15)5-7-12/h4-7,9H,8,15H2,1-3H3. The molecule has 17 heavy (non-hydrogen) atoms. The predicted molar refractivity (Wildman–Crippen MR) is 74.3 cm³/mol. The first-order valence-corrected chi connectivity index (χ1v) is 6.70. The van der Waals surface area contributed by atoms with Crippen LogP contribution >= 0.6 is 11.3 Å². The van der Waals surface area contributed by atoms with Crippen LogP contribution in [0.15, 0.2) is 24.3 Å². The van der Waals surface area contributed by atoms with Crippen LogP contribution in [0, 0.1) is 6.92 Å². The fourth-order valence-corrected chi connectivity index (χ4v) is 2.92. The third kappa shape index (κ3) is 2.56. The van der Waals surface area contributed by atoms with Crippen LogP contribution in [0.4, 0.5) is 0 Å². The van der Waals surface area contributed by atoms with E-state index in [0.717, 1.165) is 10.6 Å². The predicted octanol–water partition coefficient (Wildman–Crippen LogP) is 3.70. The second kappa shape index (κ2) is 4.98. The minimum atomic E-state index is 0.489. The van der Waals surface area contributed by atoms with E-state index in [1.54, 1.807) is 11.3 Å².